The quantitative estimate of drug-likeness (QED) is 0.194. The van der Waals surface area contributed by atoms with E-state index in [1.165, 1.54) is 50.1 Å². The first-order valence-corrected chi connectivity index (χ1v) is 17.5. The molecule has 8 bridgehead atoms. The van der Waals surface area contributed by atoms with Crippen molar-refractivity contribution in [3.05, 3.63) is 68.8 Å². The van der Waals surface area contributed by atoms with Crippen molar-refractivity contribution in [2.75, 3.05) is 0 Å². The van der Waals surface area contributed by atoms with E-state index in [9.17, 15) is 1.37 Å². The van der Waals surface area contributed by atoms with Crippen molar-refractivity contribution < 1.29 is 17.9 Å². The Kier molecular flexibility index (Phi) is 11.2. The summed E-state index contributed by atoms with van der Waals surface area (Å²) < 4.78 is 9.56. The standard InChI is InChI=1S/C40H52N4.Ni/c1-10-19-20-32-39-30(17-8)28(15-6)37(43-39)22-35-26(13-4)24(11-2)33(41-35)21-34-25(12-3)27(14-5)36(42-34)23-38-29(16-7)31(18-9)40(32)44-38;/h21-23H,10-20H2,1-9H3;/q-2;+2/i21D;. The number of aryl methyl sites for hydroxylation is 5. The summed E-state index contributed by atoms with van der Waals surface area (Å²) in [6.45, 7) is 20.1. The fourth-order valence-corrected chi connectivity index (χ4v) is 7.57. The molecule has 5 heterocycles. The molecule has 4 nitrogen and oxygen atoms in total. The van der Waals surface area contributed by atoms with Gasteiger partial charge in [0.25, 0.3) is 0 Å². The van der Waals surface area contributed by atoms with Gasteiger partial charge in [-0.15, -0.1) is 22.1 Å². The minimum atomic E-state index is 0. The number of aromatic nitrogens is 4. The van der Waals surface area contributed by atoms with Crippen LogP contribution in [0.4, 0.5) is 0 Å². The van der Waals surface area contributed by atoms with Crippen molar-refractivity contribution in [1.29, 1.82) is 0 Å². The van der Waals surface area contributed by atoms with Gasteiger partial charge < -0.3 is 9.97 Å². The molecular formula is C40H52N4Ni. The molecule has 0 unspecified atom stereocenters. The summed E-state index contributed by atoms with van der Waals surface area (Å²) in [7, 11) is 0. The van der Waals surface area contributed by atoms with E-state index in [4.69, 9.17) is 19.9 Å². The van der Waals surface area contributed by atoms with Gasteiger partial charge >= 0.3 is 16.5 Å². The summed E-state index contributed by atoms with van der Waals surface area (Å²) in [5.74, 6) is 0. The number of allylic oxidation sites excluding steroid dienone is 4. The predicted octanol–water partition coefficient (Wildman–Crippen LogP) is 10.6. The fraction of sp³-hybridized carbons (Fsp3) is 0.500. The second-order valence-corrected chi connectivity index (χ2v) is 12.0. The molecule has 242 valence electrons. The van der Waals surface area contributed by atoms with E-state index in [1.54, 1.807) is 0 Å². The average Bonchev–Trinajstić information content (AvgIpc) is 3.79. The van der Waals surface area contributed by atoms with Crippen LogP contribution >= 0.6 is 0 Å². The normalized spacial score (nSPS) is 13.5. The SMILES string of the molecule is [2H]c1c2nc(cc3[n-]c(c(CCCC)c4nc(cc5[n-]c1c(CC)c5CC)C(CC)=C4CC)c(CC)c3CC)C(CC)=C2CC.[Ni+2]. The number of rotatable bonds is 11. The number of hydrogen-bond acceptors (Lipinski definition) is 2. The molecule has 2 aliphatic heterocycles. The Morgan fingerprint density at radius 1 is 0.533 bits per heavy atom. The molecule has 5 rings (SSSR count). The van der Waals surface area contributed by atoms with Gasteiger partial charge in [0.15, 0.2) is 0 Å². The summed E-state index contributed by atoms with van der Waals surface area (Å²) in [4.78, 5) is 21.4. The number of unbranched alkanes of at least 4 members (excludes halogenated alkanes) is 1. The van der Waals surface area contributed by atoms with E-state index in [0.717, 1.165) is 115 Å². The largest absolute Gasteiger partial charge is 2.00 e. The van der Waals surface area contributed by atoms with Gasteiger partial charge in [-0.05, 0) is 92.1 Å². The van der Waals surface area contributed by atoms with Gasteiger partial charge in [0.05, 0.1) is 24.1 Å². The maximum absolute atomic E-state index is 9.56. The zero-order chi connectivity index (χ0) is 32.4. The Bertz CT molecular complexity index is 1840. The van der Waals surface area contributed by atoms with E-state index in [1.807, 2.05) is 0 Å². The topological polar surface area (TPSA) is 54.0 Å². The molecule has 0 amide bonds. The van der Waals surface area contributed by atoms with Crippen LogP contribution in [0.2, 0.25) is 0 Å². The van der Waals surface area contributed by atoms with Gasteiger partial charge in [-0.1, -0.05) is 109 Å². The Morgan fingerprint density at radius 2 is 1.02 bits per heavy atom. The molecule has 5 heteroatoms. The number of fused-ring (bicyclic) bond motifs is 8. The molecule has 3 aromatic heterocycles. The van der Waals surface area contributed by atoms with Crippen LogP contribution in [0.15, 0.2) is 18.2 Å². The second-order valence-electron chi connectivity index (χ2n) is 12.0. The minimum Gasteiger partial charge on any atom is -0.657 e. The molecule has 0 N–H and O–H groups in total. The summed E-state index contributed by atoms with van der Waals surface area (Å²) in [5, 5.41) is 0. The maximum Gasteiger partial charge on any atom is 2.00 e. The van der Waals surface area contributed by atoms with Gasteiger partial charge in [-0.2, -0.15) is 0 Å². The van der Waals surface area contributed by atoms with Gasteiger partial charge in [-0.3, -0.25) is 0 Å². The first kappa shape index (κ1) is 33.5. The Hall–Kier alpha value is -2.91. The van der Waals surface area contributed by atoms with Gasteiger partial charge in [0.1, 0.15) is 0 Å². The third kappa shape index (κ3) is 6.15. The molecule has 0 aromatic carbocycles. The monoisotopic (exact) mass is 647 g/mol. The van der Waals surface area contributed by atoms with E-state index in [0.29, 0.717) is 6.04 Å². The van der Waals surface area contributed by atoms with Crippen LogP contribution in [0.25, 0.3) is 44.4 Å². The van der Waals surface area contributed by atoms with Crippen LogP contribution in [-0.2, 0) is 48.6 Å². The van der Waals surface area contributed by atoms with Crippen molar-refractivity contribution in [2.24, 2.45) is 0 Å². The molecule has 0 saturated carbocycles. The van der Waals surface area contributed by atoms with Crippen molar-refractivity contribution in [1.82, 2.24) is 19.9 Å². The van der Waals surface area contributed by atoms with Crippen LogP contribution in [0.1, 0.15) is 153 Å². The molecule has 0 radical (unpaired) electrons. The van der Waals surface area contributed by atoms with Crippen LogP contribution in [0.5, 0.6) is 0 Å². The third-order valence-electron chi connectivity index (χ3n) is 9.73. The molecule has 0 atom stereocenters. The molecule has 0 fully saturated rings. The number of nitrogens with zero attached hydrogens (tertiary/aromatic N) is 4. The van der Waals surface area contributed by atoms with Crippen LogP contribution in [0.3, 0.4) is 0 Å². The maximum atomic E-state index is 9.56. The zero-order valence-corrected chi connectivity index (χ0v) is 30.0. The molecule has 2 aliphatic rings. The van der Waals surface area contributed by atoms with E-state index in [2.05, 4.69) is 74.4 Å². The van der Waals surface area contributed by atoms with Crippen molar-refractivity contribution in [3.63, 3.8) is 0 Å². The first-order chi connectivity index (χ1) is 21.8. The fourth-order valence-electron chi connectivity index (χ4n) is 7.57. The molecule has 0 saturated heterocycles. The van der Waals surface area contributed by atoms with Crippen LogP contribution in [0, 0.1) is 0 Å². The number of hydrogen-bond donors (Lipinski definition) is 0. The first-order valence-electron chi connectivity index (χ1n) is 18.0. The van der Waals surface area contributed by atoms with Gasteiger partial charge in [-0.25, -0.2) is 9.97 Å². The van der Waals surface area contributed by atoms with E-state index < -0.39 is 0 Å². The summed E-state index contributed by atoms with van der Waals surface area (Å²) >= 11 is 0. The summed E-state index contributed by atoms with van der Waals surface area (Å²) in [5.41, 5.74) is 19.2. The van der Waals surface area contributed by atoms with Gasteiger partial charge in [0.2, 0.25) is 0 Å². The molecule has 45 heavy (non-hydrogen) atoms. The smallest absolute Gasteiger partial charge is 0.657 e. The van der Waals surface area contributed by atoms with E-state index in [-0.39, 0.29) is 16.5 Å². The molecular weight excluding hydrogens is 595 g/mol. The molecule has 0 spiro atoms. The third-order valence-corrected chi connectivity index (χ3v) is 9.73. The Balaban J connectivity index is 0.00000480. The molecule has 3 aromatic rings. The van der Waals surface area contributed by atoms with Crippen LogP contribution in [-0.4, -0.2) is 9.97 Å². The van der Waals surface area contributed by atoms with Crippen molar-refractivity contribution >= 4 is 44.4 Å². The minimum absolute atomic E-state index is 0. The Labute approximate surface area is 283 Å². The second kappa shape index (κ2) is 15.1. The zero-order valence-electron chi connectivity index (χ0n) is 30.0. The van der Waals surface area contributed by atoms with Gasteiger partial charge in [0, 0.05) is 0 Å². The Morgan fingerprint density at radius 3 is 1.58 bits per heavy atom. The summed E-state index contributed by atoms with van der Waals surface area (Å²) in [6, 6.07) is 4.88. The van der Waals surface area contributed by atoms with Crippen molar-refractivity contribution in [2.45, 2.75) is 133 Å². The average molecular weight is 649 g/mol. The molecule has 0 aliphatic carbocycles. The van der Waals surface area contributed by atoms with Crippen LogP contribution < -0.4 is 9.97 Å². The van der Waals surface area contributed by atoms with E-state index >= 15 is 0 Å². The van der Waals surface area contributed by atoms with Crippen molar-refractivity contribution in [3.8, 4) is 0 Å². The predicted molar refractivity (Wildman–Crippen MR) is 190 cm³/mol. The summed E-state index contributed by atoms with van der Waals surface area (Å²) in [6.07, 6.45) is 10.3.